The predicted octanol–water partition coefficient (Wildman–Crippen LogP) is 2.07. The maximum atomic E-state index is 11.3. The number of carbonyl (C=O) groups excluding carboxylic acids is 1. The van der Waals surface area contributed by atoms with Crippen LogP contribution in [0.15, 0.2) is 0 Å². The molecule has 2 atom stereocenters. The molecular weight excluding hydrogens is 263 g/mol. The van der Waals surface area contributed by atoms with Crippen LogP contribution in [0.4, 0.5) is 4.79 Å². The van der Waals surface area contributed by atoms with Crippen LogP contribution in [0.3, 0.4) is 0 Å². The maximum absolute atomic E-state index is 11.3. The lowest BCUT2D eigenvalue weighted by atomic mass is 9.99. The summed E-state index contributed by atoms with van der Waals surface area (Å²) in [5, 5.41) is 0. The van der Waals surface area contributed by atoms with Crippen LogP contribution in [-0.2, 0) is 18.6 Å². The zero-order valence-corrected chi connectivity index (χ0v) is 12.1. The lowest BCUT2D eigenvalue weighted by Gasteiger charge is -2.22. The summed E-state index contributed by atoms with van der Waals surface area (Å²) in [6.45, 7) is 8.71. The van der Waals surface area contributed by atoms with Crippen LogP contribution in [0, 0.1) is 5.41 Å². The smallest absolute Gasteiger partial charge is 0.434 e. The fourth-order valence-corrected chi connectivity index (χ4v) is 1.46. The predicted molar refractivity (Wildman–Crippen MR) is 63.9 cm³/mol. The van der Waals surface area contributed by atoms with Crippen molar-refractivity contribution in [3.8, 4) is 0 Å². The Morgan fingerprint density at radius 3 is 2.11 bits per heavy atom. The van der Waals surface area contributed by atoms with Gasteiger partial charge in [0.05, 0.1) is 6.61 Å². The first-order valence-electron chi connectivity index (χ1n) is 5.48. The second kappa shape index (κ2) is 6.52. The second-order valence-corrected chi connectivity index (χ2v) is 6.42. The van der Waals surface area contributed by atoms with E-state index in [0.29, 0.717) is 0 Å². The zero-order chi connectivity index (χ0) is 14.6. The van der Waals surface area contributed by atoms with Crippen molar-refractivity contribution < 1.29 is 33.1 Å². The molecule has 108 valence electrons. The second-order valence-electron chi connectivity index (χ2n) is 5.22. The SMILES string of the molecule is C[C@@H](OC(=O)OCC(C)(C)C)[C@@H](C)OP(=O)(O)O. The number of rotatable bonds is 5. The number of ether oxygens (including phenoxy) is 2. The van der Waals surface area contributed by atoms with Crippen LogP contribution in [0.5, 0.6) is 0 Å². The van der Waals surface area contributed by atoms with Crippen LogP contribution in [-0.4, -0.2) is 34.8 Å². The van der Waals surface area contributed by atoms with E-state index in [1.165, 1.54) is 13.8 Å². The van der Waals surface area contributed by atoms with Gasteiger partial charge in [0.2, 0.25) is 0 Å². The normalized spacial score (nSPS) is 15.9. The first kappa shape index (κ1) is 17.4. The Morgan fingerprint density at radius 1 is 1.22 bits per heavy atom. The van der Waals surface area contributed by atoms with E-state index in [2.05, 4.69) is 4.52 Å². The van der Waals surface area contributed by atoms with E-state index in [1.807, 2.05) is 20.8 Å². The van der Waals surface area contributed by atoms with Gasteiger partial charge in [0.15, 0.2) is 0 Å². The molecule has 18 heavy (non-hydrogen) atoms. The van der Waals surface area contributed by atoms with E-state index in [1.54, 1.807) is 0 Å². The highest BCUT2D eigenvalue weighted by Gasteiger charge is 2.26. The molecule has 0 aromatic heterocycles. The van der Waals surface area contributed by atoms with Crippen LogP contribution < -0.4 is 0 Å². The molecule has 0 unspecified atom stereocenters. The average Bonchev–Trinajstić information content (AvgIpc) is 2.10. The van der Waals surface area contributed by atoms with Gasteiger partial charge in [-0.2, -0.15) is 0 Å². The average molecular weight is 284 g/mol. The summed E-state index contributed by atoms with van der Waals surface area (Å²) in [7, 11) is -4.59. The van der Waals surface area contributed by atoms with Crippen LogP contribution in [0.2, 0.25) is 0 Å². The molecule has 0 fully saturated rings. The minimum atomic E-state index is -4.59. The third-order valence-corrected chi connectivity index (χ3v) is 2.48. The third kappa shape index (κ3) is 9.41. The molecule has 0 bridgehead atoms. The van der Waals surface area contributed by atoms with Gasteiger partial charge in [0.25, 0.3) is 0 Å². The molecule has 0 radical (unpaired) electrons. The van der Waals surface area contributed by atoms with Crippen molar-refractivity contribution >= 4 is 14.0 Å². The van der Waals surface area contributed by atoms with E-state index in [0.717, 1.165) is 0 Å². The molecule has 0 aliphatic rings. The Hall–Kier alpha value is -0.620. The van der Waals surface area contributed by atoms with Gasteiger partial charge in [-0.1, -0.05) is 20.8 Å². The maximum Gasteiger partial charge on any atom is 0.508 e. The van der Waals surface area contributed by atoms with Crippen molar-refractivity contribution in [2.45, 2.75) is 46.8 Å². The first-order valence-corrected chi connectivity index (χ1v) is 7.01. The number of hydrogen-bond donors (Lipinski definition) is 2. The minimum Gasteiger partial charge on any atom is -0.434 e. The molecule has 0 spiro atoms. The standard InChI is InChI=1S/C10H21O7P/c1-7(8(2)17-18(12,13)14)16-9(11)15-6-10(3,4)5/h7-8H,6H2,1-5H3,(H2,12,13,14)/t7-,8-/m1/s1. The largest absolute Gasteiger partial charge is 0.508 e. The minimum absolute atomic E-state index is 0.184. The van der Waals surface area contributed by atoms with E-state index in [-0.39, 0.29) is 12.0 Å². The molecule has 0 heterocycles. The van der Waals surface area contributed by atoms with Gasteiger partial charge in [-0.3, -0.25) is 4.52 Å². The van der Waals surface area contributed by atoms with Gasteiger partial charge in [-0.15, -0.1) is 0 Å². The highest BCUT2D eigenvalue weighted by atomic mass is 31.2. The van der Waals surface area contributed by atoms with E-state index in [9.17, 15) is 9.36 Å². The third-order valence-electron chi connectivity index (χ3n) is 1.87. The van der Waals surface area contributed by atoms with Gasteiger partial charge >= 0.3 is 14.0 Å². The topological polar surface area (TPSA) is 102 Å². The van der Waals surface area contributed by atoms with Crippen LogP contribution >= 0.6 is 7.82 Å². The van der Waals surface area contributed by atoms with Gasteiger partial charge in [0.1, 0.15) is 12.2 Å². The summed E-state index contributed by atoms with van der Waals surface area (Å²) in [6.07, 6.45) is -2.66. The molecular formula is C10H21O7P. The number of phosphoric ester groups is 1. The highest BCUT2D eigenvalue weighted by Crippen LogP contribution is 2.38. The Labute approximate surface area is 107 Å². The molecule has 7 nitrogen and oxygen atoms in total. The van der Waals surface area contributed by atoms with Gasteiger partial charge in [-0.05, 0) is 19.3 Å². The van der Waals surface area contributed by atoms with Crippen LogP contribution in [0.25, 0.3) is 0 Å². The Kier molecular flexibility index (Phi) is 6.29. The quantitative estimate of drug-likeness (QED) is 0.588. The Morgan fingerprint density at radius 2 is 1.72 bits per heavy atom. The van der Waals surface area contributed by atoms with E-state index < -0.39 is 26.2 Å². The molecule has 0 aliphatic heterocycles. The van der Waals surface area contributed by atoms with Crippen molar-refractivity contribution in [2.24, 2.45) is 5.41 Å². The fourth-order valence-electron chi connectivity index (χ4n) is 0.859. The lowest BCUT2D eigenvalue weighted by molar-refractivity contribution is -0.0260. The number of hydrogen-bond acceptors (Lipinski definition) is 5. The highest BCUT2D eigenvalue weighted by molar-refractivity contribution is 7.46. The molecule has 0 aromatic carbocycles. The van der Waals surface area contributed by atoms with Gasteiger partial charge in [-0.25, -0.2) is 9.36 Å². The summed E-state index contributed by atoms with van der Waals surface area (Å²) >= 11 is 0. The molecule has 0 aliphatic carbocycles. The summed E-state index contributed by atoms with van der Waals surface area (Å²) in [5.74, 6) is 0. The molecule has 0 aromatic rings. The lowest BCUT2D eigenvalue weighted by Crippen LogP contribution is -2.29. The summed E-state index contributed by atoms with van der Waals surface area (Å²) < 4.78 is 24.6. The first-order chi connectivity index (χ1) is 7.91. The zero-order valence-electron chi connectivity index (χ0n) is 11.2. The summed E-state index contributed by atoms with van der Waals surface area (Å²) in [5.41, 5.74) is -0.184. The molecule has 0 saturated heterocycles. The summed E-state index contributed by atoms with van der Waals surface area (Å²) in [6, 6.07) is 0. The molecule has 2 N–H and O–H groups in total. The summed E-state index contributed by atoms with van der Waals surface area (Å²) in [4.78, 5) is 28.5. The molecule has 0 amide bonds. The molecule has 0 rings (SSSR count). The Bertz CT molecular complexity index is 317. The van der Waals surface area contributed by atoms with E-state index in [4.69, 9.17) is 19.3 Å². The van der Waals surface area contributed by atoms with Crippen LogP contribution in [0.1, 0.15) is 34.6 Å². The van der Waals surface area contributed by atoms with Crippen molar-refractivity contribution in [2.75, 3.05) is 6.61 Å². The van der Waals surface area contributed by atoms with Gasteiger partial charge < -0.3 is 19.3 Å². The van der Waals surface area contributed by atoms with Gasteiger partial charge in [0, 0.05) is 0 Å². The van der Waals surface area contributed by atoms with E-state index >= 15 is 0 Å². The fraction of sp³-hybridized carbons (Fsp3) is 0.900. The number of carbonyl (C=O) groups is 1. The Balaban J connectivity index is 4.11. The molecule has 0 saturated carbocycles. The molecule has 8 heteroatoms. The van der Waals surface area contributed by atoms with Crippen molar-refractivity contribution in [1.82, 2.24) is 0 Å². The van der Waals surface area contributed by atoms with Crippen molar-refractivity contribution in [3.05, 3.63) is 0 Å². The number of phosphoric acid groups is 1. The monoisotopic (exact) mass is 284 g/mol. The van der Waals surface area contributed by atoms with Crippen molar-refractivity contribution in [3.63, 3.8) is 0 Å². The van der Waals surface area contributed by atoms with Crippen molar-refractivity contribution in [1.29, 1.82) is 0 Å².